The molecule has 5 heteroatoms. The van der Waals surface area contributed by atoms with Crippen molar-refractivity contribution >= 4 is 17.7 Å². The van der Waals surface area contributed by atoms with Gasteiger partial charge >= 0.3 is 0 Å². The van der Waals surface area contributed by atoms with Gasteiger partial charge in [0.2, 0.25) is 0 Å². The average molecular weight is 292 g/mol. The molecule has 0 radical (unpaired) electrons. The minimum absolute atomic E-state index is 0.144. The summed E-state index contributed by atoms with van der Waals surface area (Å²) in [5.41, 5.74) is 0. The van der Waals surface area contributed by atoms with Crippen LogP contribution in [-0.2, 0) is 4.79 Å². The normalized spacial score (nSPS) is 25.1. The fraction of sp³-hybridized carbons (Fsp3) is 0.533. The molecule has 2 aliphatic rings. The number of nitrogens with one attached hydrogen (secondary N) is 1. The van der Waals surface area contributed by atoms with Crippen LogP contribution in [0.15, 0.2) is 29.2 Å². The fourth-order valence-corrected chi connectivity index (χ4v) is 3.81. The Morgan fingerprint density at radius 1 is 1.50 bits per heavy atom. The molecule has 1 N–H and O–H groups in total. The lowest BCUT2D eigenvalue weighted by Gasteiger charge is -2.28. The van der Waals surface area contributed by atoms with Crippen molar-refractivity contribution in [3.05, 3.63) is 24.3 Å². The average Bonchev–Trinajstić information content (AvgIpc) is 2.95. The number of ether oxygens (including phenoxy) is 1. The first-order valence-electron chi connectivity index (χ1n) is 7.10. The second-order valence-corrected chi connectivity index (χ2v) is 6.42. The second kappa shape index (κ2) is 6.06. The number of likely N-dealkylation sites (tertiary alicyclic amines) is 1. The van der Waals surface area contributed by atoms with Crippen molar-refractivity contribution in [1.29, 1.82) is 0 Å². The Morgan fingerprint density at radius 3 is 3.20 bits per heavy atom. The van der Waals surface area contributed by atoms with Crippen LogP contribution in [0.3, 0.4) is 0 Å². The topological polar surface area (TPSA) is 41.6 Å². The van der Waals surface area contributed by atoms with E-state index in [-0.39, 0.29) is 12.0 Å². The number of para-hydroxylation sites is 1. The number of rotatable bonds is 3. The third-order valence-electron chi connectivity index (χ3n) is 3.87. The van der Waals surface area contributed by atoms with Gasteiger partial charge in [-0.2, -0.15) is 0 Å². The molecule has 0 bridgehead atoms. The molecule has 2 aliphatic heterocycles. The summed E-state index contributed by atoms with van der Waals surface area (Å²) in [6, 6.07) is 7.93. The van der Waals surface area contributed by atoms with Gasteiger partial charge in [-0.05, 0) is 38.1 Å². The zero-order chi connectivity index (χ0) is 13.9. The van der Waals surface area contributed by atoms with E-state index < -0.39 is 0 Å². The molecular formula is C15H20N2O2S. The summed E-state index contributed by atoms with van der Waals surface area (Å²) < 4.78 is 5.87. The summed E-state index contributed by atoms with van der Waals surface area (Å²) in [6.45, 7) is 2.69. The maximum Gasteiger partial charge on any atom is 0.264 e. The van der Waals surface area contributed by atoms with Gasteiger partial charge < -0.3 is 15.0 Å². The Morgan fingerprint density at radius 2 is 2.35 bits per heavy atom. The fourth-order valence-electron chi connectivity index (χ4n) is 2.83. The Kier molecular flexibility index (Phi) is 4.17. The van der Waals surface area contributed by atoms with Gasteiger partial charge in [0, 0.05) is 23.7 Å². The molecule has 0 saturated carbocycles. The van der Waals surface area contributed by atoms with E-state index in [1.54, 1.807) is 11.8 Å². The molecule has 1 aromatic carbocycles. The maximum atomic E-state index is 12.5. The van der Waals surface area contributed by atoms with E-state index in [9.17, 15) is 4.79 Å². The number of benzene rings is 1. The molecule has 1 saturated heterocycles. The molecular weight excluding hydrogens is 272 g/mol. The minimum atomic E-state index is -0.330. The highest BCUT2D eigenvalue weighted by atomic mass is 32.2. The van der Waals surface area contributed by atoms with Crippen LogP contribution in [0.4, 0.5) is 0 Å². The van der Waals surface area contributed by atoms with Crippen LogP contribution in [0.1, 0.15) is 6.42 Å². The molecule has 108 valence electrons. The van der Waals surface area contributed by atoms with E-state index in [2.05, 4.69) is 5.32 Å². The molecule has 3 rings (SSSR count). The highest BCUT2D eigenvalue weighted by Gasteiger charge is 2.33. The maximum absolute atomic E-state index is 12.5. The largest absolute Gasteiger partial charge is 0.479 e. The molecule has 4 nitrogen and oxygen atoms in total. The Labute approximate surface area is 123 Å². The van der Waals surface area contributed by atoms with Gasteiger partial charge in [-0.15, -0.1) is 11.8 Å². The summed E-state index contributed by atoms with van der Waals surface area (Å²) in [5.74, 6) is 2.27. The minimum Gasteiger partial charge on any atom is -0.479 e. The van der Waals surface area contributed by atoms with Gasteiger partial charge in [-0.25, -0.2) is 0 Å². The monoisotopic (exact) mass is 292 g/mol. The molecule has 1 amide bonds. The molecule has 0 spiro atoms. The van der Waals surface area contributed by atoms with Gasteiger partial charge in [0.25, 0.3) is 5.91 Å². The van der Waals surface area contributed by atoms with Crippen LogP contribution < -0.4 is 10.1 Å². The molecule has 2 atom stereocenters. The van der Waals surface area contributed by atoms with Crippen LogP contribution in [0, 0.1) is 5.92 Å². The quantitative estimate of drug-likeness (QED) is 0.919. The van der Waals surface area contributed by atoms with E-state index in [0.717, 1.165) is 36.7 Å². The zero-order valence-corrected chi connectivity index (χ0v) is 12.5. The standard InChI is InChI=1S/C15H20N2O2S/c1-16-8-11-6-7-17(9-11)15(18)13-10-20-14-5-3-2-4-12(14)19-13/h2-5,11,13,16H,6-10H2,1H3/t11-,13-/m1/s1. The molecule has 2 heterocycles. The van der Waals surface area contributed by atoms with Gasteiger partial charge in [0.05, 0.1) is 0 Å². The molecule has 1 fully saturated rings. The number of thioether (sulfide) groups is 1. The molecule has 1 aromatic rings. The lowest BCUT2D eigenvalue weighted by molar-refractivity contribution is -0.136. The number of hydrogen-bond donors (Lipinski definition) is 1. The van der Waals surface area contributed by atoms with Crippen molar-refractivity contribution in [2.75, 3.05) is 32.4 Å². The first kappa shape index (κ1) is 13.8. The highest BCUT2D eigenvalue weighted by Crippen LogP contribution is 2.35. The second-order valence-electron chi connectivity index (χ2n) is 5.36. The van der Waals surface area contributed by atoms with Crippen molar-refractivity contribution < 1.29 is 9.53 Å². The van der Waals surface area contributed by atoms with Crippen LogP contribution in [0.25, 0.3) is 0 Å². The lowest BCUT2D eigenvalue weighted by Crippen LogP contribution is -2.43. The van der Waals surface area contributed by atoms with Crippen molar-refractivity contribution in [3.63, 3.8) is 0 Å². The molecule has 0 aliphatic carbocycles. The first-order chi connectivity index (χ1) is 9.78. The van der Waals surface area contributed by atoms with E-state index in [1.165, 1.54) is 0 Å². The van der Waals surface area contributed by atoms with Gasteiger partial charge in [-0.1, -0.05) is 12.1 Å². The Balaban J connectivity index is 1.62. The predicted octanol–water partition coefficient (Wildman–Crippen LogP) is 1.61. The number of fused-ring (bicyclic) bond motifs is 1. The summed E-state index contributed by atoms with van der Waals surface area (Å²) >= 11 is 1.71. The summed E-state index contributed by atoms with van der Waals surface area (Å²) in [5, 5.41) is 3.19. The number of amides is 1. The lowest BCUT2D eigenvalue weighted by atomic mass is 10.1. The Hall–Kier alpha value is -1.20. The smallest absolute Gasteiger partial charge is 0.264 e. The Bertz CT molecular complexity index is 495. The summed E-state index contributed by atoms with van der Waals surface area (Å²) in [6.07, 6.45) is 0.756. The van der Waals surface area contributed by atoms with Crippen LogP contribution in [0.2, 0.25) is 0 Å². The third-order valence-corrected chi connectivity index (χ3v) is 4.99. The summed E-state index contributed by atoms with van der Waals surface area (Å²) in [4.78, 5) is 15.6. The molecule has 0 unspecified atom stereocenters. The van der Waals surface area contributed by atoms with Crippen molar-refractivity contribution in [2.24, 2.45) is 5.92 Å². The van der Waals surface area contributed by atoms with Gasteiger partial charge in [0.1, 0.15) is 5.75 Å². The van der Waals surface area contributed by atoms with E-state index in [1.807, 2.05) is 36.2 Å². The van der Waals surface area contributed by atoms with Gasteiger partial charge in [0.15, 0.2) is 6.10 Å². The number of carbonyl (C=O) groups excluding carboxylic acids is 1. The third kappa shape index (κ3) is 2.79. The van der Waals surface area contributed by atoms with E-state index in [4.69, 9.17) is 4.74 Å². The van der Waals surface area contributed by atoms with E-state index >= 15 is 0 Å². The molecule has 0 aromatic heterocycles. The van der Waals surface area contributed by atoms with Crippen LogP contribution >= 0.6 is 11.8 Å². The SMILES string of the molecule is CNC[C@H]1CCN(C(=O)[C@H]2CSc3ccccc3O2)C1. The number of nitrogens with zero attached hydrogens (tertiary/aromatic N) is 1. The summed E-state index contributed by atoms with van der Waals surface area (Å²) in [7, 11) is 1.96. The van der Waals surface area contributed by atoms with Crippen molar-refractivity contribution in [3.8, 4) is 5.75 Å². The molecule has 20 heavy (non-hydrogen) atoms. The number of hydrogen-bond acceptors (Lipinski definition) is 4. The predicted molar refractivity (Wildman–Crippen MR) is 80.2 cm³/mol. The zero-order valence-electron chi connectivity index (χ0n) is 11.7. The van der Waals surface area contributed by atoms with Crippen LogP contribution in [-0.4, -0.2) is 49.3 Å². The highest BCUT2D eigenvalue weighted by molar-refractivity contribution is 7.99. The van der Waals surface area contributed by atoms with E-state index in [0.29, 0.717) is 11.7 Å². The van der Waals surface area contributed by atoms with Gasteiger partial charge in [-0.3, -0.25) is 4.79 Å². The number of carbonyl (C=O) groups is 1. The van der Waals surface area contributed by atoms with Crippen LogP contribution in [0.5, 0.6) is 5.75 Å². The first-order valence-corrected chi connectivity index (χ1v) is 8.08. The van der Waals surface area contributed by atoms with Crippen molar-refractivity contribution in [1.82, 2.24) is 10.2 Å². The van der Waals surface area contributed by atoms with Crippen molar-refractivity contribution in [2.45, 2.75) is 17.4 Å².